The predicted molar refractivity (Wildman–Crippen MR) is 161 cm³/mol. The van der Waals surface area contributed by atoms with Crippen LogP contribution in [0.5, 0.6) is 11.5 Å². The first-order valence-electron chi connectivity index (χ1n) is 13.8. The summed E-state index contributed by atoms with van der Waals surface area (Å²) in [7, 11) is 3.02. The molecule has 0 saturated carbocycles. The Balaban J connectivity index is 1.57. The number of Topliss-reactive ketones (excluding diaryl/α,β-unsaturated/α-hetero) is 3. The van der Waals surface area contributed by atoms with Crippen LogP contribution in [0.1, 0.15) is 48.1 Å². The number of carbonyl (C=O) groups is 3. The molecule has 214 valence electrons. The van der Waals surface area contributed by atoms with Crippen LogP contribution >= 0.6 is 11.6 Å². The standard InChI is InChI=1S/C35H25ClFNO5/c1-42-23-13-14-26(28(18-23)43-2)30-31(32(39)19-7-11-22(37)12-8-19)38-27-15-10-21(36)17-20(27)9-16-29(38)35(30)33(40)24-5-3-4-6-25(24)34(35)41/h3-18,29-31H,1-2H3/t29-,30-,31-/m1/s1. The summed E-state index contributed by atoms with van der Waals surface area (Å²) < 4.78 is 25.2. The first kappa shape index (κ1) is 27.1. The van der Waals surface area contributed by atoms with Gasteiger partial charge in [0.2, 0.25) is 0 Å². The summed E-state index contributed by atoms with van der Waals surface area (Å²) in [5, 5.41) is 0.506. The summed E-state index contributed by atoms with van der Waals surface area (Å²) in [5.41, 5.74) is 1.08. The fourth-order valence-corrected chi connectivity index (χ4v) is 7.33. The molecule has 0 amide bonds. The van der Waals surface area contributed by atoms with Gasteiger partial charge in [0.05, 0.1) is 20.3 Å². The lowest BCUT2D eigenvalue weighted by molar-refractivity contribution is 0.0665. The van der Waals surface area contributed by atoms with Gasteiger partial charge in [-0.15, -0.1) is 0 Å². The second kappa shape index (κ2) is 9.92. The Morgan fingerprint density at radius 1 is 0.884 bits per heavy atom. The number of hydrogen-bond donors (Lipinski definition) is 0. The van der Waals surface area contributed by atoms with E-state index in [2.05, 4.69) is 0 Å². The second-order valence-corrected chi connectivity index (χ2v) is 11.3. The Bertz CT molecular complexity index is 1830. The van der Waals surface area contributed by atoms with Crippen LogP contribution < -0.4 is 14.4 Å². The van der Waals surface area contributed by atoms with Crippen LogP contribution in [0.25, 0.3) is 6.08 Å². The Morgan fingerprint density at radius 3 is 2.23 bits per heavy atom. The smallest absolute Gasteiger partial charge is 0.185 e. The van der Waals surface area contributed by atoms with Crippen LogP contribution in [0.3, 0.4) is 0 Å². The third-order valence-corrected chi connectivity index (χ3v) is 9.17. The van der Waals surface area contributed by atoms with Gasteiger partial charge in [0.1, 0.15) is 28.8 Å². The van der Waals surface area contributed by atoms with E-state index in [-0.39, 0.29) is 22.9 Å². The summed E-state index contributed by atoms with van der Waals surface area (Å²) in [6.07, 6.45) is 3.67. The van der Waals surface area contributed by atoms with E-state index in [1.165, 1.54) is 38.5 Å². The largest absolute Gasteiger partial charge is 0.497 e. The summed E-state index contributed by atoms with van der Waals surface area (Å²) in [4.78, 5) is 46.1. The third kappa shape index (κ3) is 3.74. The maximum atomic E-state index is 14.8. The van der Waals surface area contributed by atoms with Gasteiger partial charge < -0.3 is 14.4 Å². The Morgan fingerprint density at radius 2 is 1.58 bits per heavy atom. The Hall–Kier alpha value is -4.75. The summed E-state index contributed by atoms with van der Waals surface area (Å²) in [6.45, 7) is 0. The molecule has 1 saturated heterocycles. The monoisotopic (exact) mass is 593 g/mol. The molecule has 8 heteroatoms. The van der Waals surface area contributed by atoms with E-state index in [9.17, 15) is 18.8 Å². The number of carbonyl (C=O) groups excluding carboxylic acids is 3. The highest BCUT2D eigenvalue weighted by atomic mass is 35.5. The summed E-state index contributed by atoms with van der Waals surface area (Å²) >= 11 is 6.36. The Kier molecular flexibility index (Phi) is 6.25. The van der Waals surface area contributed by atoms with Crippen molar-refractivity contribution < 1.29 is 28.2 Å². The van der Waals surface area contributed by atoms with Crippen LogP contribution in [-0.2, 0) is 0 Å². The van der Waals surface area contributed by atoms with Crippen molar-refractivity contribution in [2.45, 2.75) is 18.0 Å². The van der Waals surface area contributed by atoms with E-state index >= 15 is 0 Å². The van der Waals surface area contributed by atoms with Crippen molar-refractivity contribution in [1.29, 1.82) is 0 Å². The number of rotatable bonds is 5. The van der Waals surface area contributed by atoms with Gasteiger partial charge in [-0.3, -0.25) is 14.4 Å². The molecule has 0 bridgehead atoms. The molecular formula is C35H25ClFNO5. The maximum absolute atomic E-state index is 14.8. The molecule has 6 nitrogen and oxygen atoms in total. The number of hydrogen-bond acceptors (Lipinski definition) is 6. The van der Waals surface area contributed by atoms with Crippen molar-refractivity contribution in [2.24, 2.45) is 5.41 Å². The molecule has 1 fully saturated rings. The minimum atomic E-state index is -1.71. The van der Waals surface area contributed by atoms with Crippen molar-refractivity contribution in [1.82, 2.24) is 0 Å². The molecule has 1 spiro atoms. The van der Waals surface area contributed by atoms with Crippen molar-refractivity contribution in [3.8, 4) is 11.5 Å². The third-order valence-electron chi connectivity index (χ3n) is 8.94. The van der Waals surface area contributed by atoms with Gasteiger partial charge in [-0.25, -0.2) is 4.39 Å². The Labute approximate surface area is 252 Å². The molecule has 2 heterocycles. The van der Waals surface area contributed by atoms with Crippen LogP contribution in [0.15, 0.2) is 91.0 Å². The highest BCUT2D eigenvalue weighted by molar-refractivity contribution is 6.33. The number of fused-ring (bicyclic) bond motifs is 5. The summed E-state index contributed by atoms with van der Waals surface area (Å²) in [6, 6.07) is 20.7. The minimum absolute atomic E-state index is 0.250. The van der Waals surface area contributed by atoms with Gasteiger partial charge in [0.25, 0.3) is 0 Å². The first-order valence-corrected chi connectivity index (χ1v) is 14.2. The number of methoxy groups -OCH3 is 2. The first-order chi connectivity index (χ1) is 20.8. The van der Waals surface area contributed by atoms with E-state index < -0.39 is 29.2 Å². The number of benzene rings is 4. The lowest BCUT2D eigenvalue weighted by Gasteiger charge is -2.37. The molecule has 7 rings (SSSR count). The SMILES string of the molecule is COc1ccc([C@@H]2[C@H](C(=O)c3ccc(F)cc3)N3c4ccc(Cl)cc4C=C[C@@H]3C23C(=O)c2ccccc2C3=O)c(OC)c1. The number of nitrogens with zero attached hydrogens (tertiary/aromatic N) is 1. The van der Waals surface area contributed by atoms with Crippen LogP contribution in [-0.4, -0.2) is 43.7 Å². The van der Waals surface area contributed by atoms with Gasteiger partial charge in [-0.2, -0.15) is 0 Å². The molecule has 3 atom stereocenters. The number of ketones is 3. The van der Waals surface area contributed by atoms with Gasteiger partial charge in [0.15, 0.2) is 17.3 Å². The molecule has 0 unspecified atom stereocenters. The summed E-state index contributed by atoms with van der Waals surface area (Å²) in [5.74, 6) is -1.67. The highest BCUT2D eigenvalue weighted by Crippen LogP contribution is 2.62. The van der Waals surface area contributed by atoms with Crippen LogP contribution in [0.2, 0.25) is 5.02 Å². The van der Waals surface area contributed by atoms with E-state index in [0.717, 1.165) is 5.56 Å². The molecule has 4 aromatic rings. The molecule has 0 N–H and O–H groups in total. The van der Waals surface area contributed by atoms with Crippen molar-refractivity contribution in [2.75, 3.05) is 19.1 Å². The average molecular weight is 594 g/mol. The van der Waals surface area contributed by atoms with Gasteiger partial charge in [-0.1, -0.05) is 54.1 Å². The molecular weight excluding hydrogens is 569 g/mol. The van der Waals surface area contributed by atoms with Crippen LogP contribution in [0, 0.1) is 11.2 Å². The minimum Gasteiger partial charge on any atom is -0.497 e. The van der Waals surface area contributed by atoms with Gasteiger partial charge in [-0.05, 0) is 54.1 Å². The number of anilines is 1. The molecule has 3 aliphatic rings. The van der Waals surface area contributed by atoms with Gasteiger partial charge >= 0.3 is 0 Å². The van der Waals surface area contributed by atoms with E-state index in [1.807, 2.05) is 17.1 Å². The molecule has 2 aliphatic heterocycles. The average Bonchev–Trinajstić information content (AvgIpc) is 3.46. The van der Waals surface area contributed by atoms with Crippen molar-refractivity contribution in [3.05, 3.63) is 130 Å². The zero-order chi connectivity index (χ0) is 30.0. The second-order valence-electron chi connectivity index (χ2n) is 10.9. The van der Waals surface area contributed by atoms with E-state index in [1.54, 1.807) is 60.7 Å². The van der Waals surface area contributed by atoms with Crippen LogP contribution in [0.4, 0.5) is 10.1 Å². The highest BCUT2D eigenvalue weighted by Gasteiger charge is 2.72. The topological polar surface area (TPSA) is 72.9 Å². The lowest BCUT2D eigenvalue weighted by atomic mass is 9.64. The number of ether oxygens (including phenoxy) is 2. The zero-order valence-corrected chi connectivity index (χ0v) is 24.0. The molecule has 0 radical (unpaired) electrons. The predicted octanol–water partition coefficient (Wildman–Crippen LogP) is 6.81. The molecule has 4 aromatic carbocycles. The molecule has 43 heavy (non-hydrogen) atoms. The van der Waals surface area contributed by atoms with E-state index in [0.29, 0.717) is 38.9 Å². The number of halogens is 2. The fourth-order valence-electron chi connectivity index (χ4n) is 7.15. The van der Waals surface area contributed by atoms with Crippen molar-refractivity contribution >= 4 is 40.7 Å². The molecule has 1 aliphatic carbocycles. The normalized spacial score (nSPS) is 21.0. The molecule has 0 aromatic heterocycles. The lowest BCUT2D eigenvalue weighted by Crippen LogP contribution is -2.48. The quantitative estimate of drug-likeness (QED) is 0.187. The van der Waals surface area contributed by atoms with E-state index in [4.69, 9.17) is 21.1 Å². The van der Waals surface area contributed by atoms with Gasteiger partial charge in [0, 0.05) is 44.9 Å². The zero-order valence-electron chi connectivity index (χ0n) is 23.2. The maximum Gasteiger partial charge on any atom is 0.185 e. The van der Waals surface area contributed by atoms with Crippen molar-refractivity contribution in [3.63, 3.8) is 0 Å². The fraction of sp³-hybridized carbons (Fsp3) is 0.171.